The van der Waals surface area contributed by atoms with Crippen molar-refractivity contribution in [2.45, 2.75) is 13.0 Å². The molecule has 3 aromatic rings. The second-order valence-electron chi connectivity index (χ2n) is 6.67. The van der Waals surface area contributed by atoms with Gasteiger partial charge >= 0.3 is 5.97 Å². The normalized spacial score (nSPS) is 10.8. The van der Waals surface area contributed by atoms with Crippen molar-refractivity contribution in [3.63, 3.8) is 0 Å². The Balaban J connectivity index is 1.96. The Morgan fingerprint density at radius 3 is 2.53 bits per heavy atom. The molecular weight excluding hydrogens is 386 g/mol. The number of rotatable bonds is 9. The number of fused-ring (bicyclic) bond motifs is 1. The number of nitrogen functional groups attached to an aromatic ring is 1. The van der Waals surface area contributed by atoms with Crippen molar-refractivity contribution in [2.24, 2.45) is 5.73 Å². The molecule has 0 bridgehead atoms. The van der Waals surface area contributed by atoms with Gasteiger partial charge in [0.25, 0.3) is 5.91 Å². The van der Waals surface area contributed by atoms with E-state index in [9.17, 15) is 9.59 Å². The van der Waals surface area contributed by atoms with Crippen LogP contribution < -0.4 is 11.1 Å². The predicted molar refractivity (Wildman–Crippen MR) is 113 cm³/mol. The number of aromatic nitrogens is 2. The fourth-order valence-corrected chi connectivity index (χ4v) is 3.08. The number of benzene rings is 2. The molecule has 0 saturated carbocycles. The topological polar surface area (TPSA) is 143 Å². The number of aliphatic carboxylic acids is 1. The number of carbonyl (C=O) groups is 2. The first-order chi connectivity index (χ1) is 14.4. The van der Waals surface area contributed by atoms with Gasteiger partial charge in [-0.15, -0.1) is 0 Å². The highest BCUT2D eigenvalue weighted by Crippen LogP contribution is 2.26. The van der Waals surface area contributed by atoms with E-state index < -0.39 is 5.97 Å². The van der Waals surface area contributed by atoms with Crippen LogP contribution in [0.2, 0.25) is 0 Å². The van der Waals surface area contributed by atoms with E-state index in [1.165, 1.54) is 0 Å². The molecule has 0 radical (unpaired) electrons. The highest BCUT2D eigenvalue weighted by atomic mass is 16.5. The molecule has 0 spiro atoms. The molecule has 1 amide bonds. The lowest BCUT2D eigenvalue weighted by Crippen LogP contribution is -2.25. The van der Waals surface area contributed by atoms with Crippen LogP contribution in [0.3, 0.4) is 0 Å². The molecule has 30 heavy (non-hydrogen) atoms. The molecular formula is C21H23N5O4. The summed E-state index contributed by atoms with van der Waals surface area (Å²) in [4.78, 5) is 27.6. The number of ether oxygens (including phenoxy) is 1. The van der Waals surface area contributed by atoms with Crippen LogP contribution in [0.5, 0.6) is 0 Å². The van der Waals surface area contributed by atoms with Crippen molar-refractivity contribution >= 4 is 28.7 Å². The average molecular weight is 409 g/mol. The van der Waals surface area contributed by atoms with Gasteiger partial charge in [-0.1, -0.05) is 24.3 Å². The zero-order valence-corrected chi connectivity index (χ0v) is 16.5. The Morgan fingerprint density at radius 1 is 1.20 bits per heavy atom. The first-order valence-corrected chi connectivity index (χ1v) is 9.34. The molecule has 1 aromatic heterocycles. The standard InChI is InChI=1S/C21H23N5O4/c1-30-11-10-26-17-7-6-15(21(29)24-9-8-18(27)28)12-16(17)25-20(26)14-4-2-13(3-5-14)19(22)23/h2-7,12H,8-11H2,1H3,(H3,22,23)(H,24,29)(H,27,28). The molecule has 156 valence electrons. The van der Waals surface area contributed by atoms with Gasteiger partial charge < -0.3 is 25.5 Å². The molecule has 2 aromatic carbocycles. The summed E-state index contributed by atoms with van der Waals surface area (Å²) in [5.41, 5.74) is 8.90. The number of imidazole rings is 1. The monoisotopic (exact) mass is 409 g/mol. The fraction of sp³-hybridized carbons (Fsp3) is 0.238. The Bertz CT molecular complexity index is 1090. The third-order valence-electron chi connectivity index (χ3n) is 4.61. The number of amides is 1. The quantitative estimate of drug-likeness (QED) is 0.314. The molecule has 0 aliphatic rings. The maximum atomic E-state index is 12.3. The number of methoxy groups -OCH3 is 1. The van der Waals surface area contributed by atoms with Crippen molar-refractivity contribution < 1.29 is 19.4 Å². The zero-order valence-electron chi connectivity index (χ0n) is 16.5. The lowest BCUT2D eigenvalue weighted by atomic mass is 10.1. The van der Waals surface area contributed by atoms with E-state index in [0.29, 0.717) is 35.6 Å². The van der Waals surface area contributed by atoms with Crippen LogP contribution >= 0.6 is 0 Å². The molecule has 1 heterocycles. The van der Waals surface area contributed by atoms with Gasteiger partial charge in [-0.25, -0.2) is 4.98 Å². The number of hydrogen-bond donors (Lipinski definition) is 4. The van der Waals surface area contributed by atoms with E-state index in [1.54, 1.807) is 31.4 Å². The third-order valence-corrected chi connectivity index (χ3v) is 4.61. The Morgan fingerprint density at radius 2 is 1.90 bits per heavy atom. The minimum atomic E-state index is -0.969. The van der Waals surface area contributed by atoms with E-state index in [2.05, 4.69) is 5.32 Å². The van der Waals surface area contributed by atoms with E-state index in [1.807, 2.05) is 22.8 Å². The van der Waals surface area contributed by atoms with Crippen LogP contribution in [0, 0.1) is 5.41 Å². The molecule has 0 aliphatic heterocycles. The molecule has 0 fully saturated rings. The number of nitrogens with two attached hydrogens (primary N) is 1. The predicted octanol–water partition coefficient (Wildman–Crippen LogP) is 1.84. The van der Waals surface area contributed by atoms with Crippen LogP contribution in [-0.2, 0) is 16.1 Å². The summed E-state index contributed by atoms with van der Waals surface area (Å²) in [5, 5.41) is 18.8. The lowest BCUT2D eigenvalue weighted by Gasteiger charge is -2.09. The number of carboxylic acids is 1. The summed E-state index contributed by atoms with van der Waals surface area (Å²) in [6.07, 6.45) is -0.139. The van der Waals surface area contributed by atoms with E-state index >= 15 is 0 Å². The average Bonchev–Trinajstić information content (AvgIpc) is 3.09. The van der Waals surface area contributed by atoms with Gasteiger partial charge in [-0.3, -0.25) is 15.0 Å². The fourth-order valence-electron chi connectivity index (χ4n) is 3.08. The van der Waals surface area contributed by atoms with Gasteiger partial charge in [-0.05, 0) is 18.2 Å². The van der Waals surface area contributed by atoms with Crippen LogP contribution in [-0.4, -0.2) is 52.6 Å². The lowest BCUT2D eigenvalue weighted by molar-refractivity contribution is -0.136. The first kappa shape index (κ1) is 21.0. The number of nitrogens with one attached hydrogen (secondary N) is 2. The van der Waals surface area contributed by atoms with Crippen LogP contribution in [0.25, 0.3) is 22.4 Å². The molecule has 3 rings (SSSR count). The van der Waals surface area contributed by atoms with Crippen molar-refractivity contribution in [1.29, 1.82) is 5.41 Å². The third kappa shape index (κ3) is 4.64. The maximum Gasteiger partial charge on any atom is 0.305 e. The number of carboxylic acid groups (broad SMARTS) is 1. The van der Waals surface area contributed by atoms with Gasteiger partial charge in [0.05, 0.1) is 24.1 Å². The smallest absolute Gasteiger partial charge is 0.305 e. The summed E-state index contributed by atoms with van der Waals surface area (Å²) in [6, 6.07) is 12.4. The number of hydrogen-bond acceptors (Lipinski definition) is 5. The molecule has 0 atom stereocenters. The number of amidine groups is 1. The van der Waals surface area contributed by atoms with Gasteiger partial charge in [-0.2, -0.15) is 0 Å². The minimum Gasteiger partial charge on any atom is -0.481 e. The maximum absolute atomic E-state index is 12.3. The molecule has 0 unspecified atom stereocenters. The summed E-state index contributed by atoms with van der Waals surface area (Å²) >= 11 is 0. The van der Waals surface area contributed by atoms with Gasteiger partial charge in [0.15, 0.2) is 0 Å². The van der Waals surface area contributed by atoms with E-state index in [-0.39, 0.29) is 24.7 Å². The zero-order chi connectivity index (χ0) is 21.7. The molecule has 9 heteroatoms. The summed E-state index contributed by atoms with van der Waals surface area (Å²) in [6.45, 7) is 1.12. The summed E-state index contributed by atoms with van der Waals surface area (Å²) in [5.74, 6) is -0.617. The second-order valence-corrected chi connectivity index (χ2v) is 6.67. The summed E-state index contributed by atoms with van der Waals surface area (Å²) < 4.78 is 7.23. The van der Waals surface area contributed by atoms with Crippen LogP contribution in [0.4, 0.5) is 0 Å². The van der Waals surface area contributed by atoms with Crippen molar-refractivity contribution in [3.8, 4) is 11.4 Å². The van der Waals surface area contributed by atoms with Crippen molar-refractivity contribution in [1.82, 2.24) is 14.9 Å². The van der Waals surface area contributed by atoms with Gasteiger partial charge in [0.2, 0.25) is 0 Å². The molecule has 5 N–H and O–H groups in total. The Hall–Kier alpha value is -3.72. The highest BCUT2D eigenvalue weighted by Gasteiger charge is 2.15. The largest absolute Gasteiger partial charge is 0.481 e. The molecule has 0 aliphatic carbocycles. The Kier molecular flexibility index (Phi) is 6.43. The number of nitrogens with zero attached hydrogens (tertiary/aromatic N) is 2. The SMILES string of the molecule is COCCn1c(-c2ccc(C(=N)N)cc2)nc2cc(C(=O)NCCC(=O)O)ccc21. The first-order valence-electron chi connectivity index (χ1n) is 9.34. The van der Waals surface area contributed by atoms with Crippen LogP contribution in [0.15, 0.2) is 42.5 Å². The van der Waals surface area contributed by atoms with Gasteiger partial charge in [0.1, 0.15) is 11.7 Å². The summed E-state index contributed by atoms with van der Waals surface area (Å²) in [7, 11) is 1.63. The van der Waals surface area contributed by atoms with Crippen LogP contribution in [0.1, 0.15) is 22.3 Å². The highest BCUT2D eigenvalue weighted by molar-refractivity contribution is 5.98. The molecule has 0 saturated heterocycles. The molecule has 9 nitrogen and oxygen atoms in total. The minimum absolute atomic E-state index is 0.00649. The van der Waals surface area contributed by atoms with E-state index in [4.69, 9.17) is 26.0 Å². The number of carbonyl (C=O) groups excluding carboxylic acids is 1. The van der Waals surface area contributed by atoms with E-state index in [0.717, 1.165) is 11.1 Å². The second kappa shape index (κ2) is 9.19. The van der Waals surface area contributed by atoms with Crippen molar-refractivity contribution in [3.05, 3.63) is 53.6 Å². The van der Waals surface area contributed by atoms with Crippen molar-refractivity contribution in [2.75, 3.05) is 20.3 Å². The Labute approximate surface area is 173 Å². The van der Waals surface area contributed by atoms with Gasteiger partial charge in [0, 0.05) is 36.9 Å².